The van der Waals surface area contributed by atoms with Crippen LogP contribution in [0.2, 0.25) is 0 Å². The molecule has 0 saturated heterocycles. The van der Waals surface area contributed by atoms with Gasteiger partial charge in [0.2, 0.25) is 0 Å². The van der Waals surface area contributed by atoms with E-state index < -0.39 is 5.91 Å². The molecule has 4 rings (SSSR count). The quantitative estimate of drug-likeness (QED) is 0.474. The average Bonchev–Trinajstić information content (AvgIpc) is 3.23. The highest BCUT2D eigenvalue weighted by atomic mass is 16.5. The lowest BCUT2D eigenvalue weighted by molar-refractivity contribution is 0.0972. The molecule has 0 atom stereocenters. The number of carbonyl (C=O) groups excluding carboxylic acids is 2. The highest BCUT2D eigenvalue weighted by Gasteiger charge is 2.34. The van der Waals surface area contributed by atoms with Crippen molar-refractivity contribution in [2.24, 2.45) is 5.73 Å². The summed E-state index contributed by atoms with van der Waals surface area (Å²) in [5.41, 5.74) is 9.11. The molecule has 0 bridgehead atoms. The Morgan fingerprint density at radius 3 is 2.41 bits per heavy atom. The molecule has 0 aliphatic carbocycles. The number of amides is 2. The molecule has 1 aliphatic heterocycles. The molecule has 1 aromatic heterocycles. The fraction of sp³-hybridized carbons (Fsp3) is 0.320. The van der Waals surface area contributed by atoms with E-state index in [1.165, 1.54) is 4.68 Å². The summed E-state index contributed by atoms with van der Waals surface area (Å²) in [5.74, 6) is -0.179. The van der Waals surface area contributed by atoms with Gasteiger partial charge in [0.05, 0.1) is 12.8 Å². The molecule has 2 aromatic carbocycles. The van der Waals surface area contributed by atoms with Gasteiger partial charge in [-0.05, 0) is 82.0 Å². The number of nitrogens with one attached hydrogen (secondary N) is 1. The third-order valence-corrected chi connectivity index (χ3v) is 5.86. The first-order chi connectivity index (χ1) is 16.4. The highest BCUT2D eigenvalue weighted by Crippen LogP contribution is 2.29. The molecule has 34 heavy (non-hydrogen) atoms. The van der Waals surface area contributed by atoms with E-state index in [1.54, 1.807) is 36.3 Å². The first-order valence-corrected chi connectivity index (χ1v) is 11.3. The average molecular weight is 463 g/mol. The van der Waals surface area contributed by atoms with Gasteiger partial charge in [0.25, 0.3) is 11.8 Å². The minimum absolute atomic E-state index is 0.135. The Labute approximate surface area is 199 Å². The molecule has 0 spiro atoms. The van der Waals surface area contributed by atoms with E-state index in [9.17, 15) is 9.59 Å². The number of fused-ring (bicyclic) bond motifs is 1. The monoisotopic (exact) mass is 462 g/mol. The summed E-state index contributed by atoms with van der Waals surface area (Å²) in [6.07, 6.45) is 1.53. The first-order valence-electron chi connectivity index (χ1n) is 11.3. The van der Waals surface area contributed by atoms with Crippen molar-refractivity contribution in [1.82, 2.24) is 14.7 Å². The Kier molecular flexibility index (Phi) is 6.83. The number of primary amides is 1. The summed E-state index contributed by atoms with van der Waals surface area (Å²) in [4.78, 5) is 29.5. The summed E-state index contributed by atoms with van der Waals surface area (Å²) >= 11 is 0. The van der Waals surface area contributed by atoms with E-state index in [0.29, 0.717) is 35.7 Å². The van der Waals surface area contributed by atoms with E-state index in [2.05, 4.69) is 29.4 Å². The molecule has 0 unspecified atom stereocenters. The molecule has 0 radical (unpaired) electrons. The van der Waals surface area contributed by atoms with Crippen molar-refractivity contribution in [3.63, 3.8) is 0 Å². The number of carbonyl (C=O) groups is 2. The van der Waals surface area contributed by atoms with Crippen molar-refractivity contribution >= 4 is 23.2 Å². The molecule has 178 valence electrons. The SMILES string of the molecule is COc1ccc(-n2nc(C(N)=O)c3c2C(=O)N(c2ccc(NCCCN(C)C)cc2)CC3)cc1. The van der Waals surface area contributed by atoms with Gasteiger partial charge in [-0.1, -0.05) is 0 Å². The molecular formula is C25H30N6O3. The Hall–Kier alpha value is -3.85. The Morgan fingerprint density at radius 1 is 1.12 bits per heavy atom. The summed E-state index contributed by atoms with van der Waals surface area (Å²) in [7, 11) is 5.70. The number of methoxy groups -OCH3 is 1. The summed E-state index contributed by atoms with van der Waals surface area (Å²) in [6, 6.07) is 15.0. The maximum absolute atomic E-state index is 13.6. The minimum Gasteiger partial charge on any atom is -0.497 e. The van der Waals surface area contributed by atoms with Gasteiger partial charge >= 0.3 is 0 Å². The molecule has 2 heterocycles. The second-order valence-electron chi connectivity index (χ2n) is 8.49. The molecule has 0 saturated carbocycles. The van der Waals surface area contributed by atoms with Crippen LogP contribution in [0, 0.1) is 0 Å². The van der Waals surface area contributed by atoms with Crippen molar-refractivity contribution in [2.45, 2.75) is 12.8 Å². The largest absolute Gasteiger partial charge is 0.497 e. The van der Waals surface area contributed by atoms with Crippen LogP contribution < -0.4 is 20.7 Å². The zero-order valence-corrected chi connectivity index (χ0v) is 19.7. The molecule has 9 nitrogen and oxygen atoms in total. The normalized spacial score (nSPS) is 13.2. The molecule has 2 amide bonds. The Morgan fingerprint density at radius 2 is 1.79 bits per heavy atom. The van der Waals surface area contributed by atoms with Crippen molar-refractivity contribution in [3.05, 3.63) is 65.5 Å². The number of aromatic nitrogens is 2. The predicted octanol–water partition coefficient (Wildman–Crippen LogP) is 2.55. The highest BCUT2D eigenvalue weighted by molar-refractivity contribution is 6.09. The van der Waals surface area contributed by atoms with Gasteiger partial charge in [-0.25, -0.2) is 4.68 Å². The molecule has 9 heteroatoms. The van der Waals surface area contributed by atoms with E-state index in [1.807, 2.05) is 24.3 Å². The number of benzene rings is 2. The maximum atomic E-state index is 13.6. The lowest BCUT2D eigenvalue weighted by atomic mass is 10.0. The number of hydrogen-bond donors (Lipinski definition) is 2. The number of rotatable bonds is 9. The van der Waals surface area contributed by atoms with Crippen LogP contribution in [0.4, 0.5) is 11.4 Å². The third-order valence-electron chi connectivity index (χ3n) is 5.86. The van der Waals surface area contributed by atoms with Crippen LogP contribution in [0.3, 0.4) is 0 Å². The molecule has 3 N–H and O–H groups in total. The number of nitrogens with zero attached hydrogens (tertiary/aromatic N) is 4. The van der Waals surface area contributed by atoms with Gasteiger partial charge in [0.15, 0.2) is 5.69 Å². The predicted molar refractivity (Wildman–Crippen MR) is 132 cm³/mol. The second kappa shape index (κ2) is 9.96. The minimum atomic E-state index is -0.644. The fourth-order valence-electron chi connectivity index (χ4n) is 4.10. The topological polar surface area (TPSA) is 106 Å². The van der Waals surface area contributed by atoms with Crippen molar-refractivity contribution < 1.29 is 14.3 Å². The molecule has 0 fully saturated rings. The second-order valence-corrected chi connectivity index (χ2v) is 8.49. The lowest BCUT2D eigenvalue weighted by Crippen LogP contribution is -2.39. The smallest absolute Gasteiger partial charge is 0.277 e. The van der Waals surface area contributed by atoms with Crippen LogP contribution in [0.25, 0.3) is 5.69 Å². The summed E-state index contributed by atoms with van der Waals surface area (Å²) in [5, 5.41) is 7.81. The zero-order valence-electron chi connectivity index (χ0n) is 19.7. The molecule has 1 aliphatic rings. The van der Waals surface area contributed by atoms with E-state index in [0.717, 1.165) is 30.9 Å². The standard InChI is InChI=1S/C25H30N6O3/c1-29(2)15-4-14-27-17-5-7-18(8-6-17)30-16-13-21-22(24(26)32)28-31(23(21)25(30)33)19-9-11-20(34-3)12-10-19/h5-12,27H,4,13-16H2,1-3H3,(H2,26,32). The van der Waals surface area contributed by atoms with Gasteiger partial charge in [-0.15, -0.1) is 0 Å². The van der Waals surface area contributed by atoms with Crippen molar-refractivity contribution in [3.8, 4) is 11.4 Å². The lowest BCUT2D eigenvalue weighted by Gasteiger charge is -2.28. The third kappa shape index (κ3) is 4.74. The van der Waals surface area contributed by atoms with Gasteiger partial charge in [-0.3, -0.25) is 9.59 Å². The summed E-state index contributed by atoms with van der Waals surface area (Å²) in [6.45, 7) is 2.33. The number of hydrogen-bond acceptors (Lipinski definition) is 6. The van der Waals surface area contributed by atoms with E-state index in [-0.39, 0.29) is 11.6 Å². The first kappa shape index (κ1) is 23.3. The summed E-state index contributed by atoms with van der Waals surface area (Å²) < 4.78 is 6.73. The van der Waals surface area contributed by atoms with Gasteiger partial charge in [0, 0.05) is 30.0 Å². The van der Waals surface area contributed by atoms with Crippen LogP contribution in [-0.4, -0.2) is 67.3 Å². The molecule has 3 aromatic rings. The van der Waals surface area contributed by atoms with Gasteiger partial charge < -0.3 is 25.6 Å². The van der Waals surface area contributed by atoms with Crippen LogP contribution in [-0.2, 0) is 6.42 Å². The van der Waals surface area contributed by atoms with Crippen LogP contribution >= 0.6 is 0 Å². The number of anilines is 2. The van der Waals surface area contributed by atoms with Crippen LogP contribution in [0.5, 0.6) is 5.75 Å². The maximum Gasteiger partial charge on any atom is 0.277 e. The Balaban J connectivity index is 1.59. The van der Waals surface area contributed by atoms with Gasteiger partial charge in [0.1, 0.15) is 11.4 Å². The molecular weight excluding hydrogens is 432 g/mol. The van der Waals surface area contributed by atoms with Crippen LogP contribution in [0.1, 0.15) is 33.0 Å². The fourth-order valence-corrected chi connectivity index (χ4v) is 4.10. The van der Waals surface area contributed by atoms with E-state index in [4.69, 9.17) is 10.5 Å². The van der Waals surface area contributed by atoms with Crippen molar-refractivity contribution in [2.75, 3.05) is 51.1 Å². The van der Waals surface area contributed by atoms with Crippen LogP contribution in [0.15, 0.2) is 48.5 Å². The van der Waals surface area contributed by atoms with E-state index >= 15 is 0 Å². The Bertz CT molecular complexity index is 1170. The zero-order chi connectivity index (χ0) is 24.2. The number of ether oxygens (including phenoxy) is 1. The van der Waals surface area contributed by atoms with Gasteiger partial charge in [-0.2, -0.15) is 5.10 Å². The van der Waals surface area contributed by atoms with Crippen molar-refractivity contribution in [1.29, 1.82) is 0 Å². The number of nitrogens with two attached hydrogens (primary N) is 1.